The van der Waals surface area contributed by atoms with Crippen molar-refractivity contribution in [2.75, 3.05) is 39.3 Å². The largest absolute Gasteiger partial charge is 0.365 e. The fourth-order valence-electron chi connectivity index (χ4n) is 2.28. The third-order valence-electron chi connectivity index (χ3n) is 3.72. The number of carbonyl (C=O) groups is 2. The number of Topliss-reactive ketones (excluding diaryl/α,β-unsaturated/α-hetero) is 1. The molecular weight excluding hydrogens is 354 g/mol. The predicted octanol–water partition coefficient (Wildman–Crippen LogP) is 0.476. The number of hydrogen-bond donors (Lipinski definition) is 0. The minimum atomic E-state index is 0. The van der Waals surface area contributed by atoms with Crippen LogP contribution in [-0.4, -0.2) is 71.6 Å². The normalized spacial score (nSPS) is 21.7. The molecule has 0 atom stereocenters. The summed E-state index contributed by atoms with van der Waals surface area (Å²) in [5, 5.41) is 0. The van der Waals surface area contributed by atoms with Crippen molar-refractivity contribution in [3.05, 3.63) is 23.2 Å². The second kappa shape index (κ2) is 7.39. The first-order chi connectivity index (χ1) is 10.5. The second-order valence-electron chi connectivity index (χ2n) is 6.05. The van der Waals surface area contributed by atoms with Gasteiger partial charge in [-0.3, -0.25) is 9.59 Å². The summed E-state index contributed by atoms with van der Waals surface area (Å²) in [7, 11) is 0. The van der Waals surface area contributed by atoms with E-state index in [1.165, 1.54) is 6.08 Å². The minimum Gasteiger partial charge on any atom is -0.365 e. The second-order valence-corrected chi connectivity index (χ2v) is 6.42. The van der Waals surface area contributed by atoms with Gasteiger partial charge in [-0.15, -0.1) is 12.4 Å². The fourth-order valence-corrected chi connectivity index (χ4v) is 2.28. The van der Waals surface area contributed by atoms with E-state index in [9.17, 15) is 9.59 Å². The maximum absolute atomic E-state index is 12.4. The molecule has 3 fully saturated rings. The minimum absolute atomic E-state index is 0. The number of allylic oxidation sites excluding steroid dienone is 1. The van der Waals surface area contributed by atoms with Gasteiger partial charge in [0.05, 0.1) is 5.70 Å². The average Bonchev–Trinajstić information content (AvgIpc) is 3.34. The van der Waals surface area contributed by atoms with Crippen LogP contribution in [0.1, 0.15) is 13.8 Å². The Labute approximate surface area is 154 Å². The van der Waals surface area contributed by atoms with E-state index < -0.39 is 0 Å². The Morgan fingerprint density at radius 2 is 1.39 bits per heavy atom. The van der Waals surface area contributed by atoms with E-state index in [0.717, 1.165) is 39.3 Å². The van der Waals surface area contributed by atoms with Crippen molar-refractivity contribution < 1.29 is 33.7 Å². The SMILES string of the molecule is CC(C)[O][Ti].Cl.O=C1C=C(N2CC2)C(=O)C(N2CC2)=C1N1CC1. The van der Waals surface area contributed by atoms with Crippen molar-refractivity contribution in [1.82, 2.24) is 14.7 Å². The third-order valence-corrected chi connectivity index (χ3v) is 4.46. The maximum atomic E-state index is 12.4. The molecule has 0 radical (unpaired) electrons. The average molecular weight is 375 g/mol. The van der Waals surface area contributed by atoms with Gasteiger partial charge in [0, 0.05) is 45.3 Å². The van der Waals surface area contributed by atoms with Crippen molar-refractivity contribution in [3.8, 4) is 0 Å². The van der Waals surface area contributed by atoms with Crippen LogP contribution >= 0.6 is 12.4 Å². The van der Waals surface area contributed by atoms with Crippen molar-refractivity contribution >= 4 is 24.0 Å². The zero-order chi connectivity index (χ0) is 15.9. The van der Waals surface area contributed by atoms with Gasteiger partial charge in [0.15, 0.2) is 0 Å². The molecule has 0 aromatic rings. The first kappa shape index (κ1) is 18.5. The molecule has 3 heterocycles. The van der Waals surface area contributed by atoms with Gasteiger partial charge in [-0.05, 0) is 0 Å². The van der Waals surface area contributed by atoms with E-state index in [4.69, 9.17) is 3.32 Å². The number of hydrogen-bond acceptors (Lipinski definition) is 6. The number of ketones is 2. The van der Waals surface area contributed by atoms with E-state index in [2.05, 4.69) is 0 Å². The van der Waals surface area contributed by atoms with Gasteiger partial charge in [-0.25, -0.2) is 0 Å². The first-order valence-corrected chi connectivity index (χ1v) is 8.29. The summed E-state index contributed by atoms with van der Waals surface area (Å²) in [6.45, 7) is 9.41. The van der Waals surface area contributed by atoms with Crippen LogP contribution in [0.15, 0.2) is 23.2 Å². The molecule has 0 spiro atoms. The van der Waals surface area contributed by atoms with Gasteiger partial charge in [0.1, 0.15) is 11.4 Å². The summed E-state index contributed by atoms with van der Waals surface area (Å²) >= 11 is 1.70. The van der Waals surface area contributed by atoms with Crippen LogP contribution in [0, 0.1) is 0 Å². The molecule has 0 aromatic heterocycles. The van der Waals surface area contributed by atoms with Crippen LogP contribution in [-0.2, 0) is 33.7 Å². The van der Waals surface area contributed by atoms with Crippen molar-refractivity contribution in [3.63, 3.8) is 0 Å². The van der Waals surface area contributed by atoms with E-state index in [-0.39, 0.29) is 24.0 Å². The summed E-state index contributed by atoms with van der Waals surface area (Å²) in [6.07, 6.45) is 1.91. The van der Waals surface area contributed by atoms with Gasteiger partial charge < -0.3 is 14.7 Å². The smallest absolute Gasteiger partial charge is 0.227 e. The molecule has 4 aliphatic rings. The zero-order valence-corrected chi connectivity index (χ0v) is 15.8. The molecular formula is C15H21ClN3O3Ti. The molecule has 0 saturated carbocycles. The van der Waals surface area contributed by atoms with Gasteiger partial charge in [0.2, 0.25) is 11.6 Å². The maximum Gasteiger partial charge on any atom is 0.227 e. The van der Waals surface area contributed by atoms with Crippen LogP contribution in [0.5, 0.6) is 0 Å². The molecule has 23 heavy (non-hydrogen) atoms. The summed E-state index contributed by atoms with van der Waals surface area (Å²) in [5.74, 6) is 0.0485. The Morgan fingerprint density at radius 1 is 0.957 bits per heavy atom. The first-order valence-electron chi connectivity index (χ1n) is 7.65. The molecule has 3 saturated heterocycles. The van der Waals surface area contributed by atoms with Crippen LogP contribution in [0.2, 0.25) is 0 Å². The zero-order valence-electron chi connectivity index (χ0n) is 13.4. The Balaban J connectivity index is 0.000000284. The molecule has 0 N–H and O–H groups in total. The molecule has 0 amide bonds. The Bertz CT molecular complexity index is 564. The Kier molecular flexibility index (Phi) is 5.95. The van der Waals surface area contributed by atoms with E-state index in [0.29, 0.717) is 23.2 Å². The molecule has 3 aliphatic heterocycles. The van der Waals surface area contributed by atoms with Gasteiger partial charge in [-0.2, -0.15) is 0 Å². The monoisotopic (exact) mass is 374 g/mol. The van der Waals surface area contributed by atoms with Crippen molar-refractivity contribution in [2.24, 2.45) is 0 Å². The molecule has 8 heteroatoms. The topological polar surface area (TPSA) is 52.4 Å². The Hall–Kier alpha value is -0.816. The predicted molar refractivity (Wildman–Crippen MR) is 83.3 cm³/mol. The van der Waals surface area contributed by atoms with E-state index in [1.807, 2.05) is 28.5 Å². The van der Waals surface area contributed by atoms with Crippen molar-refractivity contribution in [1.29, 1.82) is 0 Å². The van der Waals surface area contributed by atoms with E-state index in [1.54, 1.807) is 20.8 Å². The van der Waals surface area contributed by atoms with Gasteiger partial charge >= 0.3 is 44.1 Å². The molecule has 0 aromatic carbocycles. The van der Waals surface area contributed by atoms with Gasteiger partial charge in [-0.1, -0.05) is 0 Å². The van der Waals surface area contributed by atoms with Crippen LogP contribution in [0.3, 0.4) is 0 Å². The van der Waals surface area contributed by atoms with Crippen LogP contribution in [0.4, 0.5) is 0 Å². The van der Waals surface area contributed by atoms with Gasteiger partial charge in [0.25, 0.3) is 0 Å². The summed E-state index contributed by atoms with van der Waals surface area (Å²) in [6, 6.07) is 0. The third kappa shape index (κ3) is 4.38. The standard InChI is InChI=1S/C12H13N3O2.C3H7O.ClH.Ti/c16-9-7-8(13-1-2-13)12(17)11(15-5-6-15)10(9)14-3-4-14;1-3(2)4;;/h7H,1-6H2;3H,1-2H3;1H;/q;-1;;+1. The number of carbonyl (C=O) groups excluding carboxylic acids is 2. The van der Waals surface area contributed by atoms with Crippen molar-refractivity contribution in [2.45, 2.75) is 20.0 Å². The quantitative estimate of drug-likeness (QED) is 0.405. The van der Waals surface area contributed by atoms with Crippen LogP contribution in [0.25, 0.3) is 0 Å². The summed E-state index contributed by atoms with van der Waals surface area (Å²) in [5.41, 5.74) is 1.89. The number of nitrogens with zero attached hydrogens (tertiary/aromatic N) is 3. The van der Waals surface area contributed by atoms with Crippen LogP contribution < -0.4 is 0 Å². The molecule has 1 aliphatic carbocycles. The molecule has 0 bridgehead atoms. The number of rotatable bonds is 4. The number of halogens is 1. The molecule has 125 valence electrons. The molecule has 6 nitrogen and oxygen atoms in total. The summed E-state index contributed by atoms with van der Waals surface area (Å²) < 4.78 is 4.75. The van der Waals surface area contributed by atoms with E-state index >= 15 is 0 Å². The molecule has 4 rings (SSSR count). The summed E-state index contributed by atoms with van der Waals surface area (Å²) in [4.78, 5) is 30.5. The fraction of sp³-hybridized carbons (Fsp3) is 0.600. The Morgan fingerprint density at radius 3 is 1.78 bits per heavy atom. The molecule has 0 unspecified atom stereocenters.